The number of nitrogens with one attached hydrogen (secondary N) is 1. The second kappa shape index (κ2) is 10.3. The Balaban J connectivity index is 1.23. The van der Waals surface area contributed by atoms with E-state index in [1.807, 2.05) is 24.3 Å². The maximum absolute atomic E-state index is 12.8. The third kappa shape index (κ3) is 5.29. The van der Waals surface area contributed by atoms with Crippen molar-refractivity contribution in [2.24, 2.45) is 0 Å². The van der Waals surface area contributed by atoms with Crippen molar-refractivity contribution in [3.8, 4) is 11.7 Å². The van der Waals surface area contributed by atoms with Crippen molar-refractivity contribution in [2.45, 2.75) is 13.0 Å². The molecule has 0 spiro atoms. The van der Waals surface area contributed by atoms with E-state index < -0.39 is 11.5 Å². The zero-order valence-corrected chi connectivity index (χ0v) is 20.0. The number of fused-ring (bicyclic) bond motifs is 1. The highest BCUT2D eigenvalue weighted by molar-refractivity contribution is 5.86. The average molecular weight is 493 g/mol. The van der Waals surface area contributed by atoms with Gasteiger partial charge >= 0.3 is 5.97 Å². The molecule has 12 nitrogen and oxygen atoms in total. The molecule has 0 bridgehead atoms. The lowest BCUT2D eigenvalue weighted by molar-refractivity contribution is 0.0697. The van der Waals surface area contributed by atoms with Crippen LogP contribution in [0.2, 0.25) is 0 Å². The van der Waals surface area contributed by atoms with E-state index in [1.165, 1.54) is 17.1 Å². The second-order valence-corrected chi connectivity index (χ2v) is 8.91. The molecule has 0 unspecified atom stereocenters. The summed E-state index contributed by atoms with van der Waals surface area (Å²) in [4.78, 5) is 40.0. The molecule has 188 valence electrons. The minimum Gasteiger partial charge on any atom is -0.494 e. The number of nitrogens with zero attached hydrogens (tertiary/aromatic N) is 7. The lowest BCUT2D eigenvalue weighted by Crippen LogP contribution is -2.44. The van der Waals surface area contributed by atoms with E-state index in [-0.39, 0.29) is 17.2 Å². The van der Waals surface area contributed by atoms with E-state index in [1.54, 1.807) is 10.9 Å². The molecule has 1 aliphatic rings. The standard InChI is InChI=1S/C24H28N8O4/c1-29-7-9-30(10-8-29)6-3-11-36-19-5-2-4-17(12-19)14-31-16-25-21-20(31)22(33)28-24(27-21)32-15-18(13-26-32)23(34)35/h2,4-5,12-13,15-16H,3,6-11,14H2,1H3,(H,34,35)(H,27,28,33). The van der Waals surface area contributed by atoms with Gasteiger partial charge in [0.05, 0.1) is 24.7 Å². The van der Waals surface area contributed by atoms with Crippen molar-refractivity contribution >= 4 is 17.1 Å². The van der Waals surface area contributed by atoms with Crippen LogP contribution in [-0.4, -0.2) is 96.6 Å². The summed E-state index contributed by atoms with van der Waals surface area (Å²) >= 11 is 0. The number of aromatic carboxylic acids is 1. The number of ether oxygens (including phenoxy) is 1. The van der Waals surface area contributed by atoms with Gasteiger partial charge in [0, 0.05) is 45.5 Å². The van der Waals surface area contributed by atoms with Crippen molar-refractivity contribution in [1.82, 2.24) is 39.1 Å². The third-order valence-electron chi connectivity index (χ3n) is 6.25. The molecule has 1 fully saturated rings. The van der Waals surface area contributed by atoms with Crippen LogP contribution in [0, 0.1) is 0 Å². The van der Waals surface area contributed by atoms with Gasteiger partial charge in [0.2, 0.25) is 5.95 Å². The van der Waals surface area contributed by atoms with Gasteiger partial charge < -0.3 is 24.2 Å². The number of aromatic amines is 1. The van der Waals surface area contributed by atoms with Crippen LogP contribution in [0.5, 0.6) is 5.75 Å². The molecule has 0 saturated carbocycles. The van der Waals surface area contributed by atoms with Gasteiger partial charge in [-0.2, -0.15) is 10.1 Å². The van der Waals surface area contributed by atoms with E-state index in [0.29, 0.717) is 18.7 Å². The fraction of sp³-hybridized carbons (Fsp3) is 0.375. The van der Waals surface area contributed by atoms with E-state index in [4.69, 9.17) is 9.84 Å². The predicted molar refractivity (Wildman–Crippen MR) is 132 cm³/mol. The molecule has 2 N–H and O–H groups in total. The number of benzene rings is 1. The number of carbonyl (C=O) groups is 1. The molecular formula is C24H28N8O4. The first-order valence-corrected chi connectivity index (χ1v) is 11.8. The van der Waals surface area contributed by atoms with Crippen LogP contribution in [0.4, 0.5) is 0 Å². The van der Waals surface area contributed by atoms with Crippen LogP contribution < -0.4 is 10.3 Å². The van der Waals surface area contributed by atoms with Crippen LogP contribution >= 0.6 is 0 Å². The lowest BCUT2D eigenvalue weighted by atomic mass is 10.2. The van der Waals surface area contributed by atoms with Gasteiger partial charge in [-0.05, 0) is 31.2 Å². The largest absolute Gasteiger partial charge is 0.494 e. The Labute approximate surface area is 206 Å². The normalized spacial score (nSPS) is 14.9. The molecule has 36 heavy (non-hydrogen) atoms. The van der Waals surface area contributed by atoms with Crippen LogP contribution in [0.3, 0.4) is 0 Å². The topological polar surface area (TPSA) is 134 Å². The van der Waals surface area contributed by atoms with Gasteiger partial charge in [0.15, 0.2) is 11.2 Å². The van der Waals surface area contributed by atoms with E-state index >= 15 is 0 Å². The minimum absolute atomic E-state index is 0.00953. The Hall–Kier alpha value is -4.03. The Morgan fingerprint density at radius 1 is 1.22 bits per heavy atom. The highest BCUT2D eigenvalue weighted by Gasteiger charge is 2.15. The number of hydrogen-bond acceptors (Lipinski definition) is 8. The number of piperazine rings is 1. The average Bonchev–Trinajstić information content (AvgIpc) is 3.52. The summed E-state index contributed by atoms with van der Waals surface area (Å²) in [6.07, 6.45) is 4.99. The number of likely N-dealkylation sites (N-methyl/N-ethyl adjacent to an activating group) is 1. The Morgan fingerprint density at radius 2 is 2.06 bits per heavy atom. The Bertz CT molecular complexity index is 1420. The third-order valence-corrected chi connectivity index (χ3v) is 6.25. The summed E-state index contributed by atoms with van der Waals surface area (Å²) in [7, 11) is 2.16. The highest BCUT2D eigenvalue weighted by atomic mass is 16.5. The minimum atomic E-state index is -1.12. The molecule has 12 heteroatoms. The van der Waals surface area contributed by atoms with Gasteiger partial charge in [-0.3, -0.25) is 9.78 Å². The first-order valence-electron chi connectivity index (χ1n) is 11.8. The number of carboxylic acids is 1. The number of imidazole rings is 1. The quantitative estimate of drug-likeness (QED) is 0.329. The first-order chi connectivity index (χ1) is 17.5. The highest BCUT2D eigenvalue weighted by Crippen LogP contribution is 2.17. The molecule has 4 heterocycles. The summed E-state index contributed by atoms with van der Waals surface area (Å²) in [5.41, 5.74) is 1.13. The number of aromatic nitrogens is 6. The summed E-state index contributed by atoms with van der Waals surface area (Å²) < 4.78 is 8.91. The lowest BCUT2D eigenvalue weighted by Gasteiger charge is -2.32. The van der Waals surface area contributed by atoms with Gasteiger partial charge in [-0.25, -0.2) is 14.5 Å². The molecule has 4 aromatic rings. The summed E-state index contributed by atoms with van der Waals surface area (Å²) in [6.45, 7) is 6.53. The predicted octanol–water partition coefficient (Wildman–Crippen LogP) is 1.07. The number of rotatable bonds is 9. The van der Waals surface area contributed by atoms with Crippen molar-refractivity contribution in [1.29, 1.82) is 0 Å². The Kier molecular flexibility index (Phi) is 6.78. The Morgan fingerprint density at radius 3 is 2.83 bits per heavy atom. The van der Waals surface area contributed by atoms with Crippen LogP contribution in [0.15, 0.2) is 47.8 Å². The second-order valence-electron chi connectivity index (χ2n) is 8.91. The van der Waals surface area contributed by atoms with Crippen LogP contribution in [0.25, 0.3) is 17.1 Å². The smallest absolute Gasteiger partial charge is 0.338 e. The molecule has 3 aromatic heterocycles. The monoisotopic (exact) mass is 492 g/mol. The molecule has 1 aromatic carbocycles. The molecule has 1 aliphatic heterocycles. The molecule has 1 saturated heterocycles. The zero-order chi connectivity index (χ0) is 25.1. The van der Waals surface area contributed by atoms with E-state index in [0.717, 1.165) is 50.5 Å². The molecule has 5 rings (SSSR count). The van der Waals surface area contributed by atoms with Crippen LogP contribution in [0.1, 0.15) is 22.3 Å². The van der Waals surface area contributed by atoms with E-state index in [9.17, 15) is 9.59 Å². The number of H-pyrrole nitrogens is 1. The summed E-state index contributed by atoms with van der Waals surface area (Å²) in [6, 6.07) is 7.80. The number of hydrogen-bond donors (Lipinski definition) is 2. The molecule has 0 amide bonds. The van der Waals surface area contributed by atoms with Crippen molar-refractivity contribution < 1.29 is 14.6 Å². The van der Waals surface area contributed by atoms with Crippen molar-refractivity contribution in [3.05, 3.63) is 64.5 Å². The van der Waals surface area contributed by atoms with Gasteiger partial charge in [0.25, 0.3) is 5.56 Å². The molecular weight excluding hydrogens is 464 g/mol. The summed E-state index contributed by atoms with van der Waals surface area (Å²) in [5.74, 6) is -0.232. The zero-order valence-electron chi connectivity index (χ0n) is 20.0. The molecule has 0 atom stereocenters. The van der Waals surface area contributed by atoms with Crippen LogP contribution in [-0.2, 0) is 6.54 Å². The molecule has 0 aliphatic carbocycles. The van der Waals surface area contributed by atoms with Gasteiger partial charge in [-0.15, -0.1) is 0 Å². The SMILES string of the molecule is CN1CCN(CCCOc2cccc(Cn3cnc4nc(-n5cc(C(=O)O)cn5)[nH]c(=O)c43)c2)CC1. The molecule has 0 radical (unpaired) electrons. The maximum atomic E-state index is 12.8. The van der Waals surface area contributed by atoms with Gasteiger partial charge in [0.1, 0.15) is 5.75 Å². The van der Waals surface area contributed by atoms with E-state index in [2.05, 4.69) is 36.9 Å². The van der Waals surface area contributed by atoms with Gasteiger partial charge in [-0.1, -0.05) is 12.1 Å². The first kappa shape index (κ1) is 23.7. The van der Waals surface area contributed by atoms with Crippen molar-refractivity contribution in [3.63, 3.8) is 0 Å². The maximum Gasteiger partial charge on any atom is 0.338 e. The number of carboxylic acid groups (broad SMARTS) is 1. The summed E-state index contributed by atoms with van der Waals surface area (Å²) in [5, 5.41) is 13.0. The fourth-order valence-corrected chi connectivity index (χ4v) is 4.23. The van der Waals surface area contributed by atoms with Crippen molar-refractivity contribution in [2.75, 3.05) is 46.4 Å². The fourth-order valence-electron chi connectivity index (χ4n) is 4.23.